The van der Waals surface area contributed by atoms with Crippen LogP contribution in [0.25, 0.3) is 0 Å². The number of halogens is 1. The van der Waals surface area contributed by atoms with E-state index in [2.05, 4.69) is 15.1 Å². The van der Waals surface area contributed by atoms with Gasteiger partial charge in [-0.1, -0.05) is 11.6 Å². The van der Waals surface area contributed by atoms with Gasteiger partial charge in [0.25, 0.3) is 0 Å². The number of sulfonamides is 1. The van der Waals surface area contributed by atoms with Crippen LogP contribution in [0.1, 0.15) is 4.88 Å². The zero-order chi connectivity index (χ0) is 14.6. The van der Waals surface area contributed by atoms with Crippen molar-refractivity contribution in [3.63, 3.8) is 0 Å². The molecule has 0 radical (unpaired) electrons. The number of pyridine rings is 1. The Morgan fingerprint density at radius 3 is 2.65 bits per heavy atom. The molecule has 0 aliphatic heterocycles. The molecule has 108 valence electrons. The fourth-order valence-electron chi connectivity index (χ4n) is 1.50. The third-order valence-electron chi connectivity index (χ3n) is 2.49. The van der Waals surface area contributed by atoms with Gasteiger partial charge in [-0.25, -0.2) is 24.0 Å². The van der Waals surface area contributed by atoms with E-state index in [1.165, 1.54) is 29.7 Å². The molecule has 20 heavy (non-hydrogen) atoms. The molecule has 4 N–H and O–H groups in total. The van der Waals surface area contributed by atoms with Crippen molar-refractivity contribution in [2.24, 2.45) is 5.84 Å². The third kappa shape index (κ3) is 3.90. The SMILES string of the molecule is NNc1ccc(S(=O)(=O)NCCc2ccc(Cl)s2)cn1. The summed E-state index contributed by atoms with van der Waals surface area (Å²) in [4.78, 5) is 4.99. The topological polar surface area (TPSA) is 97.1 Å². The Morgan fingerprint density at radius 1 is 1.30 bits per heavy atom. The number of nitrogens with zero attached hydrogens (tertiary/aromatic N) is 1. The first kappa shape index (κ1) is 15.2. The molecular weight excluding hydrogens is 320 g/mol. The molecule has 9 heteroatoms. The molecular formula is C11H13ClN4O2S2. The smallest absolute Gasteiger partial charge is 0.242 e. The fourth-order valence-corrected chi connectivity index (χ4v) is 3.57. The van der Waals surface area contributed by atoms with Crippen molar-refractivity contribution >= 4 is 38.8 Å². The summed E-state index contributed by atoms with van der Waals surface area (Å²) in [7, 11) is -3.56. The highest BCUT2D eigenvalue weighted by atomic mass is 35.5. The van der Waals surface area contributed by atoms with Gasteiger partial charge in [0.05, 0.1) is 4.34 Å². The Labute approximate surface area is 126 Å². The highest BCUT2D eigenvalue weighted by Crippen LogP contribution is 2.21. The van der Waals surface area contributed by atoms with Crippen LogP contribution in [-0.2, 0) is 16.4 Å². The highest BCUT2D eigenvalue weighted by molar-refractivity contribution is 7.89. The van der Waals surface area contributed by atoms with Crippen molar-refractivity contribution in [2.75, 3.05) is 12.0 Å². The minimum atomic E-state index is -3.56. The summed E-state index contributed by atoms with van der Waals surface area (Å²) in [6.07, 6.45) is 1.84. The third-order valence-corrected chi connectivity index (χ3v) is 5.22. The summed E-state index contributed by atoms with van der Waals surface area (Å²) < 4.78 is 27.2. The van der Waals surface area contributed by atoms with E-state index >= 15 is 0 Å². The first-order chi connectivity index (χ1) is 9.51. The normalized spacial score (nSPS) is 11.5. The minimum Gasteiger partial charge on any atom is -0.308 e. The molecule has 6 nitrogen and oxygen atoms in total. The lowest BCUT2D eigenvalue weighted by molar-refractivity contribution is 0.581. The Hall–Kier alpha value is -1.19. The molecule has 2 rings (SSSR count). The average molecular weight is 333 g/mol. The summed E-state index contributed by atoms with van der Waals surface area (Å²) in [6, 6.07) is 6.60. The Kier molecular flexibility index (Phi) is 4.95. The van der Waals surface area contributed by atoms with Gasteiger partial charge in [0.2, 0.25) is 10.0 Å². The molecule has 0 saturated carbocycles. The van der Waals surface area contributed by atoms with Crippen LogP contribution in [-0.4, -0.2) is 19.9 Å². The van der Waals surface area contributed by atoms with Crippen molar-refractivity contribution < 1.29 is 8.42 Å². The molecule has 2 heterocycles. The zero-order valence-corrected chi connectivity index (χ0v) is 12.7. The van der Waals surface area contributed by atoms with E-state index in [4.69, 9.17) is 17.4 Å². The highest BCUT2D eigenvalue weighted by Gasteiger charge is 2.13. The maximum absolute atomic E-state index is 12.0. The standard InChI is InChI=1S/C11H13ClN4O2S2/c12-10-3-1-8(19-10)5-6-15-20(17,18)9-2-4-11(16-13)14-7-9/h1-4,7,15H,5-6,13H2,(H,14,16). The molecule has 0 spiro atoms. The Bertz CT molecular complexity index is 670. The molecule has 0 aromatic carbocycles. The number of anilines is 1. The lowest BCUT2D eigenvalue weighted by Gasteiger charge is -2.06. The number of thiophene rings is 1. The van der Waals surface area contributed by atoms with Gasteiger partial charge in [-0.2, -0.15) is 0 Å². The molecule has 0 bridgehead atoms. The first-order valence-electron chi connectivity index (χ1n) is 5.68. The van der Waals surface area contributed by atoms with Gasteiger partial charge < -0.3 is 5.43 Å². The molecule has 0 fully saturated rings. The van der Waals surface area contributed by atoms with E-state index in [0.29, 0.717) is 23.1 Å². The number of hydrogen-bond acceptors (Lipinski definition) is 6. The van der Waals surface area contributed by atoms with Gasteiger partial charge in [0.15, 0.2) is 0 Å². The van der Waals surface area contributed by atoms with Crippen molar-refractivity contribution in [3.8, 4) is 0 Å². The van der Waals surface area contributed by atoms with E-state index in [1.807, 2.05) is 6.07 Å². The van der Waals surface area contributed by atoms with Gasteiger partial charge in [0.1, 0.15) is 10.7 Å². The number of aromatic nitrogens is 1. The van der Waals surface area contributed by atoms with E-state index in [1.54, 1.807) is 6.07 Å². The predicted molar refractivity (Wildman–Crippen MR) is 80.3 cm³/mol. The first-order valence-corrected chi connectivity index (χ1v) is 8.35. The summed E-state index contributed by atoms with van der Waals surface area (Å²) in [6.45, 7) is 0.302. The van der Waals surface area contributed by atoms with E-state index in [9.17, 15) is 8.42 Å². The molecule has 0 aliphatic rings. The number of rotatable bonds is 6. The van der Waals surface area contributed by atoms with Gasteiger partial charge in [0, 0.05) is 17.6 Å². The second-order valence-corrected chi connectivity index (χ2v) is 7.44. The largest absolute Gasteiger partial charge is 0.308 e. The lowest BCUT2D eigenvalue weighted by atomic mass is 10.3. The lowest BCUT2D eigenvalue weighted by Crippen LogP contribution is -2.26. The van der Waals surface area contributed by atoms with Crippen molar-refractivity contribution in [2.45, 2.75) is 11.3 Å². The van der Waals surface area contributed by atoms with Gasteiger partial charge >= 0.3 is 0 Å². The quantitative estimate of drug-likeness (QED) is 0.551. The Balaban J connectivity index is 1.96. The van der Waals surface area contributed by atoms with Gasteiger partial charge in [-0.05, 0) is 30.7 Å². The number of nitrogens with one attached hydrogen (secondary N) is 2. The van der Waals surface area contributed by atoms with Crippen molar-refractivity contribution in [3.05, 3.63) is 39.7 Å². The van der Waals surface area contributed by atoms with Crippen LogP contribution in [0.15, 0.2) is 35.4 Å². The molecule has 0 atom stereocenters. The molecule has 0 amide bonds. The van der Waals surface area contributed by atoms with Crippen LogP contribution in [0.5, 0.6) is 0 Å². The summed E-state index contributed by atoms with van der Waals surface area (Å²) >= 11 is 7.24. The van der Waals surface area contributed by atoms with E-state index < -0.39 is 10.0 Å². The minimum absolute atomic E-state index is 0.0979. The maximum Gasteiger partial charge on any atom is 0.242 e. The van der Waals surface area contributed by atoms with Crippen LogP contribution in [0, 0.1) is 0 Å². The zero-order valence-electron chi connectivity index (χ0n) is 10.3. The van der Waals surface area contributed by atoms with Crippen LogP contribution < -0.4 is 16.0 Å². The molecule has 0 saturated heterocycles. The summed E-state index contributed by atoms with van der Waals surface area (Å²) in [5, 5.41) is 0. The van der Waals surface area contributed by atoms with Gasteiger partial charge in [-0.15, -0.1) is 11.3 Å². The van der Waals surface area contributed by atoms with Crippen molar-refractivity contribution in [1.29, 1.82) is 0 Å². The second kappa shape index (κ2) is 6.51. The van der Waals surface area contributed by atoms with Crippen LogP contribution in [0.2, 0.25) is 4.34 Å². The van der Waals surface area contributed by atoms with Crippen LogP contribution in [0.3, 0.4) is 0 Å². The average Bonchev–Trinajstić information content (AvgIpc) is 2.84. The number of nitrogens with two attached hydrogens (primary N) is 1. The fraction of sp³-hybridized carbons (Fsp3) is 0.182. The van der Waals surface area contributed by atoms with Crippen molar-refractivity contribution in [1.82, 2.24) is 9.71 Å². The summed E-state index contributed by atoms with van der Waals surface area (Å²) in [5.74, 6) is 5.57. The monoisotopic (exact) mass is 332 g/mol. The van der Waals surface area contributed by atoms with Crippen LogP contribution >= 0.6 is 22.9 Å². The molecule has 2 aromatic rings. The molecule has 2 aromatic heterocycles. The number of nitrogen functional groups attached to an aromatic ring is 1. The van der Waals surface area contributed by atoms with E-state index in [-0.39, 0.29) is 4.90 Å². The Morgan fingerprint density at radius 2 is 2.10 bits per heavy atom. The van der Waals surface area contributed by atoms with E-state index in [0.717, 1.165) is 4.88 Å². The number of hydrogen-bond donors (Lipinski definition) is 3. The number of hydrazine groups is 1. The predicted octanol–water partition coefficient (Wildman–Crippen LogP) is 1.60. The van der Waals surface area contributed by atoms with Gasteiger partial charge in [-0.3, -0.25) is 0 Å². The van der Waals surface area contributed by atoms with Crippen LogP contribution in [0.4, 0.5) is 5.82 Å². The maximum atomic E-state index is 12.0. The molecule has 0 unspecified atom stereocenters. The second-order valence-electron chi connectivity index (χ2n) is 3.88. The summed E-state index contributed by atoms with van der Waals surface area (Å²) in [5.41, 5.74) is 2.34. The molecule has 0 aliphatic carbocycles.